The molecule has 2 heterocycles. The molecule has 0 radical (unpaired) electrons. The van der Waals surface area contributed by atoms with Gasteiger partial charge in [-0.25, -0.2) is 4.79 Å². The van der Waals surface area contributed by atoms with Gasteiger partial charge in [0.05, 0.1) is 5.60 Å². The highest BCUT2D eigenvalue weighted by atomic mass is 16.7. The molecule has 4 aliphatic rings. The highest BCUT2D eigenvalue weighted by molar-refractivity contribution is 6.06. The van der Waals surface area contributed by atoms with Crippen LogP contribution in [0.1, 0.15) is 52.9 Å². The lowest BCUT2D eigenvalue weighted by molar-refractivity contribution is -0.215. The second-order valence-electron chi connectivity index (χ2n) is 9.23. The van der Waals surface area contributed by atoms with E-state index in [4.69, 9.17) is 14.2 Å². The molecule has 0 aromatic heterocycles. The van der Waals surface area contributed by atoms with Crippen LogP contribution in [0.15, 0.2) is 11.6 Å². The van der Waals surface area contributed by atoms with Gasteiger partial charge in [-0.2, -0.15) is 0 Å². The SMILES string of the molecule is COC1C=C(CCC2(O)C(C)CC3OC(=O)C4(C)C(=O)CCC2(C)C34)C(=O)O1. The number of carbonyl (C=O) groups excluding carboxylic acids is 3. The summed E-state index contributed by atoms with van der Waals surface area (Å²) in [6, 6.07) is 0. The van der Waals surface area contributed by atoms with Crippen molar-refractivity contribution >= 4 is 17.7 Å². The Morgan fingerprint density at radius 1 is 1.25 bits per heavy atom. The van der Waals surface area contributed by atoms with Crippen LogP contribution in [-0.2, 0) is 28.6 Å². The van der Waals surface area contributed by atoms with Crippen molar-refractivity contribution in [1.82, 2.24) is 0 Å². The van der Waals surface area contributed by atoms with Crippen molar-refractivity contribution in [3.8, 4) is 0 Å². The molecule has 7 unspecified atom stereocenters. The largest absolute Gasteiger partial charge is 0.461 e. The lowest BCUT2D eigenvalue weighted by atomic mass is 9.43. The van der Waals surface area contributed by atoms with Crippen LogP contribution < -0.4 is 0 Å². The fourth-order valence-electron chi connectivity index (χ4n) is 6.33. The number of hydrogen-bond acceptors (Lipinski definition) is 7. The molecule has 28 heavy (non-hydrogen) atoms. The monoisotopic (exact) mass is 392 g/mol. The van der Waals surface area contributed by atoms with Crippen LogP contribution in [0.4, 0.5) is 0 Å². The van der Waals surface area contributed by atoms with E-state index in [1.54, 1.807) is 13.0 Å². The Bertz CT molecular complexity index is 773. The highest BCUT2D eigenvalue weighted by Gasteiger charge is 2.73. The van der Waals surface area contributed by atoms with E-state index in [1.807, 2.05) is 13.8 Å². The number of hydrogen-bond donors (Lipinski definition) is 1. The minimum atomic E-state index is -1.20. The van der Waals surface area contributed by atoms with Crippen LogP contribution in [0.3, 0.4) is 0 Å². The number of rotatable bonds is 4. The Kier molecular flexibility index (Phi) is 4.29. The normalized spacial score (nSPS) is 47.5. The van der Waals surface area contributed by atoms with Gasteiger partial charge in [-0.15, -0.1) is 0 Å². The number of aliphatic hydroxyl groups is 1. The molecular weight excluding hydrogens is 364 g/mol. The lowest BCUT2D eigenvalue weighted by Crippen LogP contribution is -2.66. The number of esters is 2. The summed E-state index contributed by atoms with van der Waals surface area (Å²) in [5, 5.41) is 11.9. The molecule has 4 rings (SSSR count). The summed E-state index contributed by atoms with van der Waals surface area (Å²) in [5.74, 6) is -1.47. The van der Waals surface area contributed by atoms with E-state index in [2.05, 4.69) is 0 Å². The maximum Gasteiger partial charge on any atom is 0.336 e. The number of ketones is 1. The van der Waals surface area contributed by atoms with Gasteiger partial charge in [-0.05, 0) is 44.6 Å². The van der Waals surface area contributed by atoms with Crippen molar-refractivity contribution < 1.29 is 33.7 Å². The third kappa shape index (κ3) is 2.32. The number of cyclic esters (lactones) is 1. The third-order valence-electron chi connectivity index (χ3n) is 8.03. The molecule has 1 N–H and O–H groups in total. The third-order valence-corrected chi connectivity index (χ3v) is 8.03. The predicted octanol–water partition coefficient (Wildman–Crippen LogP) is 1.91. The van der Waals surface area contributed by atoms with Gasteiger partial charge in [0.15, 0.2) is 0 Å². The summed E-state index contributed by atoms with van der Waals surface area (Å²) in [7, 11) is 1.46. The van der Waals surface area contributed by atoms with Crippen molar-refractivity contribution in [2.24, 2.45) is 22.7 Å². The molecule has 3 fully saturated rings. The Balaban J connectivity index is 1.66. The Morgan fingerprint density at radius 3 is 2.61 bits per heavy atom. The molecule has 2 aliphatic heterocycles. The second-order valence-corrected chi connectivity index (χ2v) is 9.23. The van der Waals surface area contributed by atoms with E-state index in [0.29, 0.717) is 31.3 Å². The molecule has 154 valence electrons. The van der Waals surface area contributed by atoms with Crippen LogP contribution in [0.25, 0.3) is 0 Å². The van der Waals surface area contributed by atoms with Crippen LogP contribution >= 0.6 is 0 Å². The quantitative estimate of drug-likeness (QED) is 0.576. The van der Waals surface area contributed by atoms with Crippen LogP contribution in [-0.4, -0.2) is 47.9 Å². The van der Waals surface area contributed by atoms with Gasteiger partial charge in [-0.3, -0.25) is 9.59 Å². The summed E-state index contributed by atoms with van der Waals surface area (Å²) in [4.78, 5) is 37.4. The van der Waals surface area contributed by atoms with E-state index in [9.17, 15) is 19.5 Å². The first kappa shape index (κ1) is 19.6. The summed E-state index contributed by atoms with van der Waals surface area (Å²) in [6.07, 6.45) is 2.57. The van der Waals surface area contributed by atoms with E-state index >= 15 is 0 Å². The molecule has 0 aromatic carbocycles. The first-order valence-corrected chi connectivity index (χ1v) is 9.99. The minimum absolute atomic E-state index is 0.0932. The molecule has 2 aliphatic carbocycles. The summed E-state index contributed by atoms with van der Waals surface area (Å²) < 4.78 is 15.8. The minimum Gasteiger partial charge on any atom is -0.461 e. The van der Waals surface area contributed by atoms with Crippen molar-refractivity contribution in [3.05, 3.63) is 11.6 Å². The van der Waals surface area contributed by atoms with Gasteiger partial charge in [0.25, 0.3) is 0 Å². The van der Waals surface area contributed by atoms with Gasteiger partial charge in [-0.1, -0.05) is 13.8 Å². The molecule has 2 saturated carbocycles. The molecule has 7 nitrogen and oxygen atoms in total. The standard InChI is InChI=1S/C21H28O7/c1-11-9-13-16-19(2,7-6-14(22)20(16,3)18(24)27-13)21(11,25)8-5-12-10-15(26-4)28-17(12)23/h10-11,13,15-16,25H,5-9H2,1-4H3. The Hall–Kier alpha value is -1.73. The molecule has 0 spiro atoms. The van der Waals surface area contributed by atoms with Gasteiger partial charge in [0.1, 0.15) is 17.3 Å². The highest BCUT2D eigenvalue weighted by Crippen LogP contribution is 2.66. The van der Waals surface area contributed by atoms with Gasteiger partial charge >= 0.3 is 11.9 Å². The Morgan fingerprint density at radius 2 is 1.96 bits per heavy atom. The molecular formula is C21H28O7. The molecule has 0 bridgehead atoms. The van der Waals surface area contributed by atoms with E-state index < -0.39 is 34.7 Å². The van der Waals surface area contributed by atoms with Crippen LogP contribution in [0.5, 0.6) is 0 Å². The zero-order valence-electron chi connectivity index (χ0n) is 16.8. The lowest BCUT2D eigenvalue weighted by Gasteiger charge is -2.60. The average molecular weight is 392 g/mol. The number of carbonyl (C=O) groups is 3. The molecule has 0 aromatic rings. The molecule has 1 saturated heterocycles. The van der Waals surface area contributed by atoms with Crippen LogP contribution in [0.2, 0.25) is 0 Å². The predicted molar refractivity (Wildman–Crippen MR) is 96.8 cm³/mol. The zero-order valence-corrected chi connectivity index (χ0v) is 16.8. The smallest absolute Gasteiger partial charge is 0.336 e. The maximum atomic E-state index is 12.7. The van der Waals surface area contributed by atoms with E-state index in [-0.39, 0.29) is 30.1 Å². The summed E-state index contributed by atoms with van der Waals surface area (Å²) in [6.45, 7) is 5.61. The van der Waals surface area contributed by atoms with Gasteiger partial charge in [0, 0.05) is 30.4 Å². The number of ether oxygens (including phenoxy) is 3. The van der Waals surface area contributed by atoms with Crippen molar-refractivity contribution in [2.45, 2.75) is 70.9 Å². The summed E-state index contributed by atoms with van der Waals surface area (Å²) >= 11 is 0. The van der Waals surface area contributed by atoms with Gasteiger partial charge in [0.2, 0.25) is 6.29 Å². The summed E-state index contributed by atoms with van der Waals surface area (Å²) in [5.41, 5.74) is -2.49. The van der Waals surface area contributed by atoms with Crippen LogP contribution in [0, 0.1) is 22.7 Å². The van der Waals surface area contributed by atoms with Crippen molar-refractivity contribution in [3.63, 3.8) is 0 Å². The fraction of sp³-hybridized carbons (Fsp3) is 0.762. The van der Waals surface area contributed by atoms with E-state index in [1.165, 1.54) is 7.11 Å². The van der Waals surface area contributed by atoms with Crippen molar-refractivity contribution in [2.75, 3.05) is 7.11 Å². The maximum absolute atomic E-state index is 12.7. The molecule has 7 heteroatoms. The Labute approximate surface area is 164 Å². The van der Waals surface area contributed by atoms with E-state index in [0.717, 1.165) is 0 Å². The topological polar surface area (TPSA) is 99.1 Å². The first-order valence-electron chi connectivity index (χ1n) is 9.99. The molecule has 7 atom stereocenters. The van der Waals surface area contributed by atoms with Gasteiger partial charge < -0.3 is 19.3 Å². The number of methoxy groups -OCH3 is 1. The number of Topliss-reactive ketones (excluding diaryl/α,β-unsaturated/α-hetero) is 1. The average Bonchev–Trinajstić information content (AvgIpc) is 3.13. The first-order chi connectivity index (χ1) is 13.1. The van der Waals surface area contributed by atoms with Crippen molar-refractivity contribution in [1.29, 1.82) is 0 Å². The molecule has 0 amide bonds. The fourth-order valence-corrected chi connectivity index (χ4v) is 6.33. The second kappa shape index (κ2) is 6.13. The zero-order chi connectivity index (χ0) is 20.5.